The second kappa shape index (κ2) is 10.1. The molecule has 5 nitrogen and oxygen atoms in total. The smallest absolute Gasteiger partial charge is 0.319 e. The summed E-state index contributed by atoms with van der Waals surface area (Å²) in [7, 11) is 2.15. The van der Waals surface area contributed by atoms with Gasteiger partial charge in [-0.3, -0.25) is 0 Å². The normalized spacial score (nSPS) is 14.8. The van der Waals surface area contributed by atoms with E-state index in [1.165, 1.54) is 27.1 Å². The summed E-state index contributed by atoms with van der Waals surface area (Å²) in [4.78, 5) is 16.7. The summed E-state index contributed by atoms with van der Waals surface area (Å²) in [6.45, 7) is 8.06. The van der Waals surface area contributed by atoms with Crippen molar-refractivity contribution in [3.05, 3.63) is 70.1 Å². The quantitative estimate of drug-likeness (QED) is 0.429. The molecule has 2 amide bonds. The van der Waals surface area contributed by atoms with E-state index in [9.17, 15) is 9.18 Å². The number of aromatic nitrogens is 1. The number of amides is 2. The molecule has 2 N–H and O–H groups in total. The van der Waals surface area contributed by atoms with Crippen LogP contribution < -0.4 is 10.6 Å². The van der Waals surface area contributed by atoms with Crippen molar-refractivity contribution >= 4 is 23.1 Å². The van der Waals surface area contributed by atoms with Crippen molar-refractivity contribution in [1.29, 1.82) is 0 Å². The molecule has 0 spiro atoms. The van der Waals surface area contributed by atoms with Gasteiger partial charge in [-0.1, -0.05) is 19.9 Å². The molecule has 0 fully saturated rings. The van der Waals surface area contributed by atoms with Crippen LogP contribution in [0.2, 0.25) is 0 Å². The number of carbonyl (C=O) groups excluding carboxylic acids is 1. The molecule has 0 saturated heterocycles. The SMILES string of the molecule is Cc1ccc(NC(=O)N[C@@H](CCC(C)C)c2c(-n3cccc3)sc3c2CCN(C)C3)cc1F. The van der Waals surface area contributed by atoms with Crippen LogP contribution in [0.15, 0.2) is 42.7 Å². The van der Waals surface area contributed by atoms with Crippen molar-refractivity contribution in [2.24, 2.45) is 5.92 Å². The van der Waals surface area contributed by atoms with Gasteiger partial charge in [0.2, 0.25) is 0 Å². The standard InChI is InChI=1S/C26H33FN4OS/c1-17(2)7-10-22(29-26(32)28-19-9-8-18(3)21(27)15-19)24-20-11-14-30(4)16-23(20)33-25(24)31-12-5-6-13-31/h5-6,8-9,12-13,15,17,22H,7,10-11,14,16H2,1-4H3,(H2,28,29,32)/t22-/m0/s1. The van der Waals surface area contributed by atoms with Crippen LogP contribution in [0.5, 0.6) is 0 Å². The molecule has 3 aromatic rings. The zero-order valence-corrected chi connectivity index (χ0v) is 20.6. The van der Waals surface area contributed by atoms with Gasteiger partial charge in [0.25, 0.3) is 0 Å². The Morgan fingerprint density at radius 1 is 1.21 bits per heavy atom. The van der Waals surface area contributed by atoms with Crippen LogP contribution in [0, 0.1) is 18.7 Å². The van der Waals surface area contributed by atoms with Gasteiger partial charge in [-0.2, -0.15) is 0 Å². The van der Waals surface area contributed by atoms with Crippen LogP contribution in [0.3, 0.4) is 0 Å². The van der Waals surface area contributed by atoms with E-state index in [0.29, 0.717) is 17.2 Å². The average Bonchev–Trinajstić information content (AvgIpc) is 3.41. The van der Waals surface area contributed by atoms with Crippen molar-refractivity contribution in [1.82, 2.24) is 14.8 Å². The van der Waals surface area contributed by atoms with Gasteiger partial charge in [-0.15, -0.1) is 11.3 Å². The van der Waals surface area contributed by atoms with Gasteiger partial charge < -0.3 is 20.1 Å². The lowest BCUT2D eigenvalue weighted by Gasteiger charge is -2.26. The number of carbonyl (C=O) groups is 1. The number of halogens is 1. The third-order valence-corrected chi connectivity index (χ3v) is 7.47. The second-order valence-corrected chi connectivity index (χ2v) is 10.5. The van der Waals surface area contributed by atoms with Gasteiger partial charge in [-0.25, -0.2) is 9.18 Å². The molecule has 33 heavy (non-hydrogen) atoms. The van der Waals surface area contributed by atoms with E-state index in [1.807, 2.05) is 23.5 Å². The maximum Gasteiger partial charge on any atom is 0.319 e. The van der Waals surface area contributed by atoms with Gasteiger partial charge in [0.05, 0.1) is 6.04 Å². The molecule has 176 valence electrons. The molecular formula is C26H33FN4OS. The van der Waals surface area contributed by atoms with Crippen LogP contribution in [0.1, 0.15) is 54.3 Å². The minimum Gasteiger partial charge on any atom is -0.331 e. The van der Waals surface area contributed by atoms with Crippen molar-refractivity contribution in [2.45, 2.75) is 52.6 Å². The largest absolute Gasteiger partial charge is 0.331 e. The van der Waals surface area contributed by atoms with Crippen LogP contribution in [-0.2, 0) is 13.0 Å². The van der Waals surface area contributed by atoms with Crippen LogP contribution in [-0.4, -0.2) is 29.1 Å². The van der Waals surface area contributed by atoms with E-state index in [-0.39, 0.29) is 17.9 Å². The van der Waals surface area contributed by atoms with Crippen LogP contribution in [0.4, 0.5) is 14.9 Å². The number of thiophene rings is 1. The van der Waals surface area contributed by atoms with E-state index in [0.717, 1.165) is 32.4 Å². The van der Waals surface area contributed by atoms with Crippen molar-refractivity contribution in [3.63, 3.8) is 0 Å². The van der Waals surface area contributed by atoms with Crippen molar-refractivity contribution in [3.8, 4) is 5.00 Å². The Morgan fingerprint density at radius 2 is 1.97 bits per heavy atom. The number of urea groups is 1. The lowest BCUT2D eigenvalue weighted by atomic mass is 9.92. The first-order valence-electron chi connectivity index (χ1n) is 11.6. The number of rotatable bonds is 7. The highest BCUT2D eigenvalue weighted by Crippen LogP contribution is 2.40. The number of nitrogens with one attached hydrogen (secondary N) is 2. The number of likely N-dealkylation sites (N-methyl/N-ethyl adjacent to an activating group) is 1. The number of hydrogen-bond acceptors (Lipinski definition) is 3. The first-order valence-corrected chi connectivity index (χ1v) is 12.4. The number of anilines is 1. The van der Waals surface area contributed by atoms with Gasteiger partial charge in [0.15, 0.2) is 0 Å². The Balaban J connectivity index is 1.66. The molecule has 2 aromatic heterocycles. The van der Waals surface area contributed by atoms with E-state index in [2.05, 4.69) is 53.4 Å². The lowest BCUT2D eigenvalue weighted by Crippen LogP contribution is -2.34. The zero-order chi connectivity index (χ0) is 23.5. The summed E-state index contributed by atoms with van der Waals surface area (Å²) in [5.41, 5.74) is 3.61. The molecule has 3 heterocycles. The average molecular weight is 469 g/mol. The molecule has 1 aliphatic rings. The Hall–Kier alpha value is -2.64. The molecule has 1 aromatic carbocycles. The fourth-order valence-electron chi connectivity index (χ4n) is 4.35. The van der Waals surface area contributed by atoms with Crippen LogP contribution in [0.25, 0.3) is 5.00 Å². The molecule has 1 aliphatic heterocycles. The maximum atomic E-state index is 14.0. The Bertz CT molecular complexity index is 1110. The predicted octanol–water partition coefficient (Wildman–Crippen LogP) is 6.27. The maximum absolute atomic E-state index is 14.0. The van der Waals surface area contributed by atoms with Gasteiger partial charge >= 0.3 is 6.03 Å². The number of fused-ring (bicyclic) bond motifs is 1. The van der Waals surface area contributed by atoms with Gasteiger partial charge in [0, 0.05) is 41.6 Å². The zero-order valence-electron chi connectivity index (χ0n) is 19.8. The first kappa shape index (κ1) is 23.5. The summed E-state index contributed by atoms with van der Waals surface area (Å²) in [5, 5.41) is 7.23. The highest BCUT2D eigenvalue weighted by Gasteiger charge is 2.29. The van der Waals surface area contributed by atoms with Crippen LogP contribution >= 0.6 is 11.3 Å². The molecule has 1 atom stereocenters. The molecule has 7 heteroatoms. The highest BCUT2D eigenvalue weighted by atomic mass is 32.1. The van der Waals surface area contributed by atoms with E-state index >= 15 is 0 Å². The molecule has 4 rings (SSSR count). The molecule has 0 saturated carbocycles. The Kier molecular flexibility index (Phi) is 7.20. The Morgan fingerprint density at radius 3 is 2.67 bits per heavy atom. The van der Waals surface area contributed by atoms with Gasteiger partial charge in [0.1, 0.15) is 10.8 Å². The number of benzene rings is 1. The minimum absolute atomic E-state index is 0.122. The first-order chi connectivity index (χ1) is 15.8. The lowest BCUT2D eigenvalue weighted by molar-refractivity contribution is 0.247. The van der Waals surface area contributed by atoms with E-state index < -0.39 is 0 Å². The molecule has 0 radical (unpaired) electrons. The Labute approximate surface area is 199 Å². The number of nitrogens with zero attached hydrogens (tertiary/aromatic N) is 2. The summed E-state index contributed by atoms with van der Waals surface area (Å²) >= 11 is 1.82. The summed E-state index contributed by atoms with van der Waals surface area (Å²) < 4.78 is 16.1. The minimum atomic E-state index is -0.324. The number of hydrogen-bond donors (Lipinski definition) is 2. The predicted molar refractivity (Wildman–Crippen MR) is 134 cm³/mol. The monoisotopic (exact) mass is 468 g/mol. The van der Waals surface area contributed by atoms with E-state index in [1.54, 1.807) is 19.1 Å². The van der Waals surface area contributed by atoms with Gasteiger partial charge in [-0.05, 0) is 74.5 Å². The second-order valence-electron chi connectivity index (χ2n) is 9.39. The molecule has 0 unspecified atom stereocenters. The number of aryl methyl sites for hydroxylation is 1. The summed E-state index contributed by atoms with van der Waals surface area (Å²) in [6, 6.07) is 8.41. The fourth-order valence-corrected chi connectivity index (χ4v) is 5.80. The van der Waals surface area contributed by atoms with Crippen molar-refractivity contribution in [2.75, 3.05) is 18.9 Å². The van der Waals surface area contributed by atoms with Crippen molar-refractivity contribution < 1.29 is 9.18 Å². The summed E-state index contributed by atoms with van der Waals surface area (Å²) in [6.07, 6.45) is 6.96. The third-order valence-electron chi connectivity index (χ3n) is 6.22. The third kappa shape index (κ3) is 5.47. The molecule has 0 aliphatic carbocycles. The molecular weight excluding hydrogens is 435 g/mol. The van der Waals surface area contributed by atoms with E-state index in [4.69, 9.17) is 0 Å². The summed E-state index contributed by atoms with van der Waals surface area (Å²) in [5.74, 6) is 0.203. The fraction of sp³-hybridized carbons (Fsp3) is 0.423. The topological polar surface area (TPSA) is 49.3 Å². The molecule has 0 bridgehead atoms. The highest BCUT2D eigenvalue weighted by molar-refractivity contribution is 7.15.